The Hall–Kier alpha value is -2.49. The van der Waals surface area contributed by atoms with Crippen LogP contribution >= 0.6 is 0 Å². The molecule has 0 radical (unpaired) electrons. The van der Waals surface area contributed by atoms with Gasteiger partial charge in [-0.25, -0.2) is 8.42 Å². The van der Waals surface area contributed by atoms with Gasteiger partial charge in [-0.15, -0.1) is 0 Å². The Labute approximate surface area is 157 Å². The van der Waals surface area contributed by atoms with Crippen LogP contribution in [0.5, 0.6) is 0 Å². The van der Waals surface area contributed by atoms with E-state index in [1.807, 2.05) is 0 Å². The Balaban J connectivity index is 2.64. The first-order chi connectivity index (χ1) is 12.7. The van der Waals surface area contributed by atoms with E-state index in [1.54, 1.807) is 6.92 Å². The molecule has 1 aromatic rings. The Morgan fingerprint density at radius 1 is 1.22 bits per heavy atom. The van der Waals surface area contributed by atoms with Crippen LogP contribution in [0, 0.1) is 10.1 Å². The van der Waals surface area contributed by atoms with Crippen LogP contribution in [0.3, 0.4) is 0 Å². The maximum atomic E-state index is 13.1. The number of carbonyl (C=O) groups is 1. The summed E-state index contributed by atoms with van der Waals surface area (Å²) < 4.78 is 26.3. The molecule has 0 spiro atoms. The van der Waals surface area contributed by atoms with Gasteiger partial charge in [0, 0.05) is 6.07 Å². The lowest BCUT2D eigenvalue weighted by Crippen LogP contribution is -2.25. The summed E-state index contributed by atoms with van der Waals surface area (Å²) in [6.45, 7) is 1.72. The smallest absolute Gasteiger partial charge is 0.288 e. The molecule has 1 aliphatic carbocycles. The van der Waals surface area contributed by atoms with E-state index < -0.39 is 37.6 Å². The highest BCUT2D eigenvalue weighted by molar-refractivity contribution is 7.92. The Kier molecular flexibility index (Phi) is 6.53. The number of nitro groups is 1. The number of aliphatic imine (C=N–C) groups is 1. The standard InChI is InChI=1S/C17H24N4O5S/c1-2-11-9-15(27(25,26)12-7-5-3-4-6-8-12)14(21(23)24)10-13(11)16(22)20-17(18)19/h9-10,12H,2-8H2,1H3,(H4,18,19,20,22). The highest BCUT2D eigenvalue weighted by atomic mass is 32.2. The van der Waals surface area contributed by atoms with Crippen molar-refractivity contribution in [2.45, 2.75) is 62.0 Å². The van der Waals surface area contributed by atoms with Crippen LogP contribution in [0.15, 0.2) is 22.0 Å². The summed E-state index contributed by atoms with van der Waals surface area (Å²) >= 11 is 0. The number of nitro benzene ring substituents is 1. The largest absolute Gasteiger partial charge is 0.370 e. The second-order valence-electron chi connectivity index (χ2n) is 6.59. The number of hydrogen-bond acceptors (Lipinski definition) is 5. The van der Waals surface area contributed by atoms with Crippen molar-refractivity contribution in [1.82, 2.24) is 0 Å². The van der Waals surface area contributed by atoms with Gasteiger partial charge in [0.25, 0.3) is 11.6 Å². The second-order valence-corrected chi connectivity index (χ2v) is 8.78. The molecule has 148 valence electrons. The zero-order chi connectivity index (χ0) is 20.2. The molecule has 0 unspecified atom stereocenters. The molecule has 0 heterocycles. The first-order valence-electron chi connectivity index (χ1n) is 8.87. The van der Waals surface area contributed by atoms with Crippen molar-refractivity contribution in [3.05, 3.63) is 33.4 Å². The van der Waals surface area contributed by atoms with E-state index in [0.717, 1.165) is 31.7 Å². The number of hydrogen-bond donors (Lipinski definition) is 2. The Morgan fingerprint density at radius 2 is 1.81 bits per heavy atom. The van der Waals surface area contributed by atoms with Gasteiger partial charge < -0.3 is 11.5 Å². The highest BCUT2D eigenvalue weighted by Crippen LogP contribution is 2.35. The predicted molar refractivity (Wildman–Crippen MR) is 101 cm³/mol. The van der Waals surface area contributed by atoms with Crippen molar-refractivity contribution in [2.24, 2.45) is 16.5 Å². The summed E-state index contributed by atoms with van der Waals surface area (Å²) in [4.78, 5) is 26.1. The van der Waals surface area contributed by atoms with Crippen LogP contribution in [0.2, 0.25) is 0 Å². The van der Waals surface area contributed by atoms with Crippen LogP contribution in [0.25, 0.3) is 0 Å². The van der Waals surface area contributed by atoms with Gasteiger partial charge in [-0.1, -0.05) is 32.6 Å². The zero-order valence-electron chi connectivity index (χ0n) is 15.2. The third-order valence-electron chi connectivity index (χ3n) is 4.77. The van der Waals surface area contributed by atoms with E-state index in [1.165, 1.54) is 6.07 Å². The van der Waals surface area contributed by atoms with Gasteiger partial charge in [-0.05, 0) is 30.9 Å². The third kappa shape index (κ3) is 4.62. The molecular weight excluding hydrogens is 372 g/mol. The zero-order valence-corrected chi connectivity index (χ0v) is 16.0. The molecule has 0 bridgehead atoms. The van der Waals surface area contributed by atoms with E-state index in [9.17, 15) is 23.3 Å². The molecular formula is C17H24N4O5S. The maximum absolute atomic E-state index is 13.1. The van der Waals surface area contributed by atoms with Crippen molar-refractivity contribution in [2.75, 3.05) is 0 Å². The van der Waals surface area contributed by atoms with Gasteiger partial charge >= 0.3 is 0 Å². The number of aryl methyl sites for hydroxylation is 1. The lowest BCUT2D eigenvalue weighted by atomic mass is 10.0. The average molecular weight is 396 g/mol. The maximum Gasteiger partial charge on any atom is 0.288 e. The van der Waals surface area contributed by atoms with E-state index in [-0.39, 0.29) is 10.5 Å². The average Bonchev–Trinajstić information content (AvgIpc) is 2.89. The predicted octanol–water partition coefficient (Wildman–Crippen LogP) is 2.07. The molecule has 1 saturated carbocycles. The van der Waals surface area contributed by atoms with Crippen LogP contribution in [0.4, 0.5) is 5.69 Å². The monoisotopic (exact) mass is 396 g/mol. The van der Waals surface area contributed by atoms with Gasteiger partial charge in [-0.3, -0.25) is 14.9 Å². The van der Waals surface area contributed by atoms with Gasteiger partial charge in [0.1, 0.15) is 4.90 Å². The molecule has 9 nitrogen and oxygen atoms in total. The summed E-state index contributed by atoms with van der Waals surface area (Å²) in [6.07, 6.45) is 4.73. The Morgan fingerprint density at radius 3 is 2.30 bits per heavy atom. The summed E-state index contributed by atoms with van der Waals surface area (Å²) in [7, 11) is -3.90. The minimum atomic E-state index is -3.90. The van der Waals surface area contributed by atoms with Crippen molar-refractivity contribution in [1.29, 1.82) is 0 Å². The molecule has 2 rings (SSSR count). The fourth-order valence-corrected chi connectivity index (χ4v) is 5.43. The van der Waals surface area contributed by atoms with Crippen LogP contribution in [-0.2, 0) is 16.3 Å². The van der Waals surface area contributed by atoms with Crippen molar-refractivity contribution >= 4 is 27.4 Å². The number of guanidine groups is 1. The molecule has 1 aromatic carbocycles. The highest BCUT2D eigenvalue weighted by Gasteiger charge is 2.35. The number of sulfone groups is 1. The van der Waals surface area contributed by atoms with E-state index in [2.05, 4.69) is 4.99 Å². The number of carbonyl (C=O) groups excluding carboxylic acids is 1. The minimum absolute atomic E-state index is 0.0718. The normalized spacial score (nSPS) is 15.7. The quantitative estimate of drug-likeness (QED) is 0.253. The molecule has 1 amide bonds. The fourth-order valence-electron chi connectivity index (χ4n) is 3.38. The first-order valence-corrected chi connectivity index (χ1v) is 10.4. The lowest BCUT2D eigenvalue weighted by Gasteiger charge is -2.17. The molecule has 4 N–H and O–H groups in total. The number of benzene rings is 1. The molecule has 1 fully saturated rings. The fraction of sp³-hybridized carbons (Fsp3) is 0.529. The topological polar surface area (TPSA) is 159 Å². The molecule has 0 aliphatic heterocycles. The molecule has 0 saturated heterocycles. The third-order valence-corrected chi connectivity index (χ3v) is 7.06. The number of rotatable bonds is 5. The molecule has 0 atom stereocenters. The number of nitrogens with two attached hydrogens (primary N) is 2. The molecule has 1 aliphatic rings. The Bertz CT molecular complexity index is 868. The van der Waals surface area contributed by atoms with Crippen LogP contribution < -0.4 is 11.5 Å². The summed E-state index contributed by atoms with van der Waals surface area (Å²) in [5, 5.41) is 10.9. The van der Waals surface area contributed by atoms with E-state index in [4.69, 9.17) is 11.5 Å². The number of nitrogens with zero attached hydrogens (tertiary/aromatic N) is 2. The lowest BCUT2D eigenvalue weighted by molar-refractivity contribution is -0.387. The second kappa shape index (κ2) is 8.47. The van der Waals surface area contributed by atoms with Crippen molar-refractivity contribution in [3.63, 3.8) is 0 Å². The molecule has 27 heavy (non-hydrogen) atoms. The van der Waals surface area contributed by atoms with Crippen molar-refractivity contribution in [3.8, 4) is 0 Å². The van der Waals surface area contributed by atoms with E-state index in [0.29, 0.717) is 24.8 Å². The van der Waals surface area contributed by atoms with Crippen LogP contribution in [-0.4, -0.2) is 30.5 Å². The molecule has 10 heteroatoms. The van der Waals surface area contributed by atoms with Gasteiger partial charge in [0.2, 0.25) is 0 Å². The number of amides is 1. The van der Waals surface area contributed by atoms with Gasteiger partial charge in [0.05, 0.1) is 15.7 Å². The van der Waals surface area contributed by atoms with Gasteiger partial charge in [-0.2, -0.15) is 4.99 Å². The van der Waals surface area contributed by atoms with Crippen LogP contribution in [0.1, 0.15) is 61.4 Å². The van der Waals surface area contributed by atoms with E-state index >= 15 is 0 Å². The SMILES string of the molecule is CCc1cc(S(=O)(=O)C2CCCCCC2)c([N+](=O)[O-])cc1C(=O)N=C(N)N. The summed E-state index contributed by atoms with van der Waals surface area (Å²) in [5.41, 5.74) is 10.1. The minimum Gasteiger partial charge on any atom is -0.370 e. The summed E-state index contributed by atoms with van der Waals surface area (Å²) in [5.74, 6) is -1.31. The van der Waals surface area contributed by atoms with Crippen molar-refractivity contribution < 1.29 is 18.1 Å². The molecule has 0 aromatic heterocycles. The first kappa shape index (κ1) is 20.8. The van der Waals surface area contributed by atoms with Gasteiger partial charge in [0.15, 0.2) is 15.8 Å². The summed E-state index contributed by atoms with van der Waals surface area (Å²) in [6, 6.07) is 2.20.